The van der Waals surface area contributed by atoms with Crippen LogP contribution >= 0.6 is 12.2 Å². The summed E-state index contributed by atoms with van der Waals surface area (Å²) in [5, 5.41) is 6.27. The van der Waals surface area contributed by atoms with Gasteiger partial charge in [-0.25, -0.2) is 0 Å². The van der Waals surface area contributed by atoms with Crippen molar-refractivity contribution in [2.45, 2.75) is 64.7 Å². The number of carbonyl (C=O) groups is 1. The third-order valence-electron chi connectivity index (χ3n) is 4.73. The molecule has 2 N–H and O–H groups in total. The number of amides is 1. The monoisotopic (exact) mass is 388 g/mol. The van der Waals surface area contributed by atoms with E-state index in [0.717, 1.165) is 25.8 Å². The highest BCUT2D eigenvalue weighted by molar-refractivity contribution is 7.80. The summed E-state index contributed by atoms with van der Waals surface area (Å²) in [4.78, 5) is 12.5. The van der Waals surface area contributed by atoms with Crippen molar-refractivity contribution < 1.29 is 9.53 Å². The Kier molecular flexibility index (Phi) is 9.91. The van der Waals surface area contributed by atoms with E-state index in [0.29, 0.717) is 23.0 Å². The second-order valence-corrected chi connectivity index (χ2v) is 7.38. The van der Waals surface area contributed by atoms with Gasteiger partial charge in [0.2, 0.25) is 0 Å². The maximum absolute atomic E-state index is 12.5. The van der Waals surface area contributed by atoms with Gasteiger partial charge >= 0.3 is 0 Å². The maximum atomic E-state index is 12.5. The van der Waals surface area contributed by atoms with E-state index in [2.05, 4.69) is 23.6 Å². The smallest absolute Gasteiger partial charge is 0.261 e. The van der Waals surface area contributed by atoms with E-state index in [-0.39, 0.29) is 5.91 Å². The molecule has 0 aromatic heterocycles. The fourth-order valence-electron chi connectivity index (χ4n) is 3.17. The van der Waals surface area contributed by atoms with E-state index in [4.69, 9.17) is 17.0 Å². The summed E-state index contributed by atoms with van der Waals surface area (Å²) in [6.45, 7) is 3.56. The van der Waals surface area contributed by atoms with Gasteiger partial charge in [-0.2, -0.15) is 0 Å². The van der Waals surface area contributed by atoms with Crippen molar-refractivity contribution in [3.05, 3.63) is 41.5 Å². The lowest BCUT2D eigenvalue weighted by atomic mass is 9.97. The molecule has 0 aliphatic heterocycles. The van der Waals surface area contributed by atoms with E-state index < -0.39 is 0 Å². The van der Waals surface area contributed by atoms with Crippen LogP contribution in [0.2, 0.25) is 0 Å². The molecule has 1 aliphatic rings. The van der Waals surface area contributed by atoms with Crippen LogP contribution in [-0.4, -0.2) is 24.2 Å². The average molecular weight is 389 g/mol. The lowest BCUT2D eigenvalue weighted by Gasteiger charge is -2.15. The molecule has 2 rings (SSSR count). The third-order valence-corrected chi connectivity index (χ3v) is 4.98. The molecule has 0 unspecified atom stereocenters. The van der Waals surface area contributed by atoms with Gasteiger partial charge in [0.05, 0.1) is 12.2 Å². The van der Waals surface area contributed by atoms with E-state index in [9.17, 15) is 4.79 Å². The van der Waals surface area contributed by atoms with Crippen molar-refractivity contribution >= 4 is 23.2 Å². The van der Waals surface area contributed by atoms with Gasteiger partial charge in [0.1, 0.15) is 5.75 Å². The Morgan fingerprint density at radius 2 is 2.04 bits per heavy atom. The van der Waals surface area contributed by atoms with E-state index in [1.54, 1.807) is 6.07 Å². The molecule has 1 aromatic rings. The minimum atomic E-state index is -0.228. The van der Waals surface area contributed by atoms with E-state index >= 15 is 0 Å². The number of para-hydroxylation sites is 1. The fourth-order valence-corrected chi connectivity index (χ4v) is 3.37. The number of unbranched alkanes of at least 4 members (excludes halogenated alkanes) is 3. The predicted molar refractivity (Wildman–Crippen MR) is 115 cm³/mol. The fraction of sp³-hybridized carbons (Fsp3) is 0.545. The first-order chi connectivity index (χ1) is 13.2. The molecule has 0 saturated heterocycles. The highest BCUT2D eigenvalue weighted by atomic mass is 32.1. The van der Waals surface area contributed by atoms with Crippen LogP contribution in [0.4, 0.5) is 0 Å². The summed E-state index contributed by atoms with van der Waals surface area (Å²) in [7, 11) is 0. The van der Waals surface area contributed by atoms with E-state index in [1.807, 2.05) is 18.2 Å². The topological polar surface area (TPSA) is 50.4 Å². The quantitative estimate of drug-likeness (QED) is 0.331. The molecular weight excluding hydrogens is 356 g/mol. The lowest BCUT2D eigenvalue weighted by molar-refractivity contribution is 0.0972. The van der Waals surface area contributed by atoms with Crippen LogP contribution in [0.25, 0.3) is 0 Å². The summed E-state index contributed by atoms with van der Waals surface area (Å²) in [6.07, 6.45) is 12.8. The number of rotatable bonds is 10. The number of carbonyl (C=O) groups excluding carboxylic acids is 1. The molecule has 148 valence electrons. The standard InChI is InChI=1S/C22H32N2O2S/c1-2-3-4-10-17-26-20-14-9-8-13-19(20)21(25)24-22(27)23-16-15-18-11-6-5-7-12-18/h8-9,11,13-14H,2-7,10,12,15-17H2,1H3,(H2,23,24,25,27). The van der Waals surface area contributed by atoms with Gasteiger partial charge in [0, 0.05) is 6.54 Å². The summed E-state index contributed by atoms with van der Waals surface area (Å²) in [5.41, 5.74) is 2.01. The molecule has 27 heavy (non-hydrogen) atoms. The molecule has 1 amide bonds. The Morgan fingerprint density at radius 3 is 2.81 bits per heavy atom. The largest absolute Gasteiger partial charge is 0.493 e. The van der Waals surface area contributed by atoms with Crippen molar-refractivity contribution in [3.8, 4) is 5.75 Å². The van der Waals surface area contributed by atoms with Crippen LogP contribution in [0.15, 0.2) is 35.9 Å². The van der Waals surface area contributed by atoms with E-state index in [1.165, 1.54) is 44.1 Å². The molecule has 0 saturated carbocycles. The average Bonchev–Trinajstić information content (AvgIpc) is 2.69. The summed E-state index contributed by atoms with van der Waals surface area (Å²) >= 11 is 5.27. The summed E-state index contributed by atoms with van der Waals surface area (Å²) in [5.74, 6) is 0.384. The van der Waals surface area contributed by atoms with Crippen molar-refractivity contribution in [3.63, 3.8) is 0 Å². The normalized spacial score (nSPS) is 13.6. The number of benzene rings is 1. The third kappa shape index (κ3) is 8.12. The van der Waals surface area contributed by atoms with Gasteiger partial charge in [-0.15, -0.1) is 0 Å². The van der Waals surface area contributed by atoms with Crippen LogP contribution in [0, 0.1) is 0 Å². The number of nitrogens with one attached hydrogen (secondary N) is 2. The van der Waals surface area contributed by atoms with Gasteiger partial charge in [0.15, 0.2) is 5.11 Å². The first-order valence-corrected chi connectivity index (χ1v) is 10.6. The molecule has 4 nitrogen and oxygen atoms in total. The molecule has 0 fully saturated rings. The Morgan fingerprint density at radius 1 is 1.19 bits per heavy atom. The molecule has 0 spiro atoms. The zero-order chi connectivity index (χ0) is 19.3. The van der Waals surface area contributed by atoms with Crippen LogP contribution in [0.5, 0.6) is 5.75 Å². The van der Waals surface area contributed by atoms with Gasteiger partial charge < -0.3 is 10.1 Å². The SMILES string of the molecule is CCCCCCOc1ccccc1C(=O)NC(=S)NCCC1=CCCCC1. The minimum absolute atomic E-state index is 0.228. The maximum Gasteiger partial charge on any atom is 0.261 e. The highest BCUT2D eigenvalue weighted by Crippen LogP contribution is 2.20. The van der Waals surface area contributed by atoms with Crippen LogP contribution in [0.3, 0.4) is 0 Å². The number of ether oxygens (including phenoxy) is 1. The van der Waals surface area contributed by atoms with Crippen LogP contribution < -0.4 is 15.4 Å². The molecule has 1 aliphatic carbocycles. The Labute approximate surface area is 168 Å². The second kappa shape index (κ2) is 12.5. The second-order valence-electron chi connectivity index (χ2n) is 6.97. The zero-order valence-corrected chi connectivity index (χ0v) is 17.2. The van der Waals surface area contributed by atoms with Crippen molar-refractivity contribution in [2.24, 2.45) is 0 Å². The Hall–Kier alpha value is -1.88. The number of hydrogen-bond acceptors (Lipinski definition) is 3. The van der Waals surface area contributed by atoms with Gasteiger partial charge in [-0.05, 0) is 62.9 Å². The first-order valence-electron chi connectivity index (χ1n) is 10.2. The van der Waals surface area contributed by atoms with Gasteiger partial charge in [0.25, 0.3) is 5.91 Å². The number of thiocarbonyl (C=S) groups is 1. The Balaban J connectivity index is 1.76. The first kappa shape index (κ1) is 21.4. The number of hydrogen-bond donors (Lipinski definition) is 2. The van der Waals surface area contributed by atoms with Crippen molar-refractivity contribution in [1.82, 2.24) is 10.6 Å². The Bertz CT molecular complexity index is 643. The molecule has 0 heterocycles. The molecule has 0 radical (unpaired) electrons. The summed E-state index contributed by atoms with van der Waals surface area (Å²) in [6, 6.07) is 7.32. The van der Waals surface area contributed by atoms with Gasteiger partial charge in [-0.3, -0.25) is 10.1 Å². The lowest BCUT2D eigenvalue weighted by Crippen LogP contribution is -2.39. The molecule has 0 bridgehead atoms. The molecule has 1 aromatic carbocycles. The highest BCUT2D eigenvalue weighted by Gasteiger charge is 2.13. The minimum Gasteiger partial charge on any atom is -0.493 e. The van der Waals surface area contributed by atoms with Crippen LogP contribution in [-0.2, 0) is 0 Å². The molecule has 5 heteroatoms. The van der Waals surface area contributed by atoms with Crippen LogP contribution in [0.1, 0.15) is 75.1 Å². The summed E-state index contributed by atoms with van der Waals surface area (Å²) < 4.78 is 5.81. The number of allylic oxidation sites excluding steroid dienone is 1. The van der Waals surface area contributed by atoms with Crippen molar-refractivity contribution in [2.75, 3.05) is 13.2 Å². The zero-order valence-electron chi connectivity index (χ0n) is 16.4. The predicted octanol–water partition coefficient (Wildman–Crippen LogP) is 5.14. The van der Waals surface area contributed by atoms with Crippen molar-refractivity contribution in [1.29, 1.82) is 0 Å². The van der Waals surface area contributed by atoms with Gasteiger partial charge in [-0.1, -0.05) is 50.0 Å². The molecular formula is C22H32N2O2S. The molecule has 0 atom stereocenters.